The third-order valence-electron chi connectivity index (χ3n) is 4.92. The lowest BCUT2D eigenvalue weighted by molar-refractivity contribution is -0.233. The summed E-state index contributed by atoms with van der Waals surface area (Å²) >= 11 is 0. The minimum atomic E-state index is -0.744. The van der Waals surface area contributed by atoms with Crippen molar-refractivity contribution >= 4 is 17.8 Å². The van der Waals surface area contributed by atoms with Crippen LogP contribution >= 0.6 is 0 Å². The van der Waals surface area contributed by atoms with Crippen LogP contribution in [0, 0.1) is 0 Å². The van der Waals surface area contributed by atoms with E-state index in [-0.39, 0.29) is 37.1 Å². The zero-order valence-electron chi connectivity index (χ0n) is 21.9. The summed E-state index contributed by atoms with van der Waals surface area (Å²) in [6.07, 6.45) is 1.03. The van der Waals surface area contributed by atoms with Crippen LogP contribution in [0.1, 0.15) is 73.6 Å². The Labute approximate surface area is 203 Å². The molecular weight excluding hydrogens is 444 g/mol. The van der Waals surface area contributed by atoms with Gasteiger partial charge in [0.05, 0.1) is 30.5 Å². The topological polar surface area (TPSA) is 121 Å². The minimum absolute atomic E-state index is 0.0460. The van der Waals surface area contributed by atoms with E-state index < -0.39 is 29.9 Å². The molecule has 1 aliphatic rings. The highest BCUT2D eigenvalue weighted by atomic mass is 16.7. The van der Waals surface area contributed by atoms with Crippen LogP contribution in [0.5, 0.6) is 0 Å². The fourth-order valence-electron chi connectivity index (χ4n) is 3.33. The summed E-state index contributed by atoms with van der Waals surface area (Å²) < 4.78 is 28.0. The fraction of sp³-hybridized carbons (Fsp3) is 0.875. The molecule has 198 valence electrons. The molecule has 0 bridgehead atoms. The van der Waals surface area contributed by atoms with Crippen molar-refractivity contribution < 1.29 is 38.1 Å². The fourth-order valence-corrected chi connectivity index (χ4v) is 3.33. The van der Waals surface area contributed by atoms with Crippen LogP contribution in [0.15, 0.2) is 0 Å². The van der Waals surface area contributed by atoms with Gasteiger partial charge in [-0.2, -0.15) is 0 Å². The molecule has 3 unspecified atom stereocenters. The summed E-state index contributed by atoms with van der Waals surface area (Å²) in [6, 6.07) is -0.744. The third-order valence-corrected chi connectivity index (χ3v) is 4.92. The van der Waals surface area contributed by atoms with E-state index in [9.17, 15) is 14.4 Å². The molecule has 1 rings (SSSR count). The molecule has 34 heavy (non-hydrogen) atoms. The molecule has 0 aliphatic carbocycles. The number of esters is 2. The molecule has 2 N–H and O–H groups in total. The van der Waals surface area contributed by atoms with Gasteiger partial charge >= 0.3 is 11.9 Å². The minimum Gasteiger partial charge on any atom is -0.464 e. The van der Waals surface area contributed by atoms with Crippen molar-refractivity contribution in [1.29, 1.82) is 0 Å². The van der Waals surface area contributed by atoms with Gasteiger partial charge in [0.1, 0.15) is 12.6 Å². The molecule has 0 radical (unpaired) electrons. The van der Waals surface area contributed by atoms with E-state index in [2.05, 4.69) is 10.6 Å². The number of hydrogen-bond acceptors (Lipinski definition) is 9. The predicted octanol–water partition coefficient (Wildman–Crippen LogP) is 2.08. The summed E-state index contributed by atoms with van der Waals surface area (Å²) in [5, 5.41) is 5.55. The van der Waals surface area contributed by atoms with E-state index in [1.54, 1.807) is 6.92 Å². The number of carbonyl (C=O) groups excluding carboxylic acids is 3. The number of carbonyl (C=O) groups is 3. The number of rotatable bonds is 15. The molecule has 1 aliphatic heterocycles. The molecule has 0 aromatic rings. The van der Waals surface area contributed by atoms with E-state index in [0.29, 0.717) is 26.1 Å². The van der Waals surface area contributed by atoms with Crippen molar-refractivity contribution in [3.05, 3.63) is 0 Å². The molecule has 0 aromatic carbocycles. The van der Waals surface area contributed by atoms with E-state index in [1.807, 2.05) is 41.7 Å². The summed E-state index contributed by atoms with van der Waals surface area (Å²) in [6.45, 7) is 12.7. The first-order valence-electron chi connectivity index (χ1n) is 12.0. The number of ether oxygens (including phenoxy) is 5. The van der Waals surface area contributed by atoms with E-state index in [1.165, 1.54) is 0 Å². The van der Waals surface area contributed by atoms with Crippen molar-refractivity contribution in [3.63, 3.8) is 0 Å². The Balaban J connectivity index is 2.32. The average Bonchev–Trinajstić information content (AvgIpc) is 3.06. The average molecular weight is 489 g/mol. The second-order valence-corrected chi connectivity index (χ2v) is 10.1. The smallest absolute Gasteiger partial charge is 0.328 e. The maximum absolute atomic E-state index is 12.2. The quantitative estimate of drug-likeness (QED) is 0.203. The molecule has 1 heterocycles. The number of hydrogen-bond donors (Lipinski definition) is 2. The van der Waals surface area contributed by atoms with Gasteiger partial charge in [-0.25, -0.2) is 4.79 Å². The van der Waals surface area contributed by atoms with Crippen LogP contribution in [-0.4, -0.2) is 80.9 Å². The van der Waals surface area contributed by atoms with E-state index >= 15 is 0 Å². The molecule has 3 atom stereocenters. The number of nitrogens with one attached hydrogen (secondary N) is 2. The molecular formula is C24H44N2O8. The normalized spacial score (nSPS) is 19.3. The Bertz CT molecular complexity index is 647. The van der Waals surface area contributed by atoms with E-state index in [4.69, 9.17) is 23.7 Å². The van der Waals surface area contributed by atoms with Crippen LogP contribution in [0.2, 0.25) is 0 Å². The maximum Gasteiger partial charge on any atom is 0.328 e. The van der Waals surface area contributed by atoms with Gasteiger partial charge in [0.2, 0.25) is 5.91 Å². The standard InChI is InChI=1S/C24H44N2O8/c1-17(22(29)30-13-9-12-25-7)26-19(27)10-8-11-20(28)31-16-21(34-23(2,3)4)33-18-14-24(5,6)32-15-18/h17-18,21,25H,8-16H2,1-7H3,(H,26,27). The number of amides is 1. The molecule has 0 aromatic heterocycles. The van der Waals surface area contributed by atoms with Crippen LogP contribution < -0.4 is 10.6 Å². The second-order valence-electron chi connectivity index (χ2n) is 10.1. The van der Waals surface area contributed by atoms with Crippen LogP contribution in [0.25, 0.3) is 0 Å². The summed E-state index contributed by atoms with van der Waals surface area (Å²) in [5.74, 6) is -1.25. The lowest BCUT2D eigenvalue weighted by Crippen LogP contribution is -2.39. The predicted molar refractivity (Wildman–Crippen MR) is 126 cm³/mol. The van der Waals surface area contributed by atoms with Crippen molar-refractivity contribution in [2.75, 3.05) is 33.4 Å². The first kappa shape index (κ1) is 30.3. The first-order valence-corrected chi connectivity index (χ1v) is 12.0. The van der Waals surface area contributed by atoms with Crippen molar-refractivity contribution in [2.24, 2.45) is 0 Å². The molecule has 1 saturated heterocycles. The highest BCUT2D eigenvalue weighted by Gasteiger charge is 2.35. The van der Waals surface area contributed by atoms with Gasteiger partial charge in [0.25, 0.3) is 0 Å². The zero-order valence-corrected chi connectivity index (χ0v) is 21.9. The Morgan fingerprint density at radius 1 is 1.12 bits per heavy atom. The van der Waals surface area contributed by atoms with Crippen molar-refractivity contribution in [1.82, 2.24) is 10.6 Å². The third kappa shape index (κ3) is 13.8. The Kier molecular flexibility index (Phi) is 13.0. The van der Waals surface area contributed by atoms with Gasteiger partial charge in [0, 0.05) is 19.3 Å². The SMILES string of the molecule is CNCCCOC(=O)C(C)NC(=O)CCCC(=O)OCC(OC1COC(C)(C)C1)OC(C)(C)C. The molecule has 1 fully saturated rings. The van der Waals surface area contributed by atoms with E-state index in [0.717, 1.165) is 13.0 Å². The van der Waals surface area contributed by atoms with Gasteiger partial charge < -0.3 is 34.3 Å². The zero-order chi connectivity index (χ0) is 25.8. The molecule has 0 saturated carbocycles. The lowest BCUT2D eigenvalue weighted by Gasteiger charge is -2.29. The van der Waals surface area contributed by atoms with Crippen molar-refractivity contribution in [2.45, 2.75) is 103 Å². The molecule has 10 heteroatoms. The molecule has 10 nitrogen and oxygen atoms in total. The highest BCUT2D eigenvalue weighted by Crippen LogP contribution is 2.28. The van der Waals surface area contributed by atoms with Gasteiger partial charge in [-0.05, 0) is 68.0 Å². The van der Waals surface area contributed by atoms with Crippen LogP contribution in [0.4, 0.5) is 0 Å². The maximum atomic E-state index is 12.2. The summed E-state index contributed by atoms with van der Waals surface area (Å²) in [5.41, 5.74) is -0.732. The van der Waals surface area contributed by atoms with Crippen molar-refractivity contribution in [3.8, 4) is 0 Å². The van der Waals surface area contributed by atoms with Crippen LogP contribution in [-0.2, 0) is 38.1 Å². The lowest BCUT2D eigenvalue weighted by atomic mass is 10.1. The van der Waals surface area contributed by atoms with Gasteiger partial charge in [-0.1, -0.05) is 0 Å². The van der Waals surface area contributed by atoms with Crippen LogP contribution in [0.3, 0.4) is 0 Å². The highest BCUT2D eigenvalue weighted by molar-refractivity contribution is 5.84. The largest absolute Gasteiger partial charge is 0.464 e. The Morgan fingerprint density at radius 2 is 1.82 bits per heavy atom. The first-order chi connectivity index (χ1) is 15.8. The molecule has 1 amide bonds. The summed E-state index contributed by atoms with van der Waals surface area (Å²) in [4.78, 5) is 36.1. The molecule has 0 spiro atoms. The Morgan fingerprint density at radius 3 is 2.41 bits per heavy atom. The summed E-state index contributed by atoms with van der Waals surface area (Å²) in [7, 11) is 1.82. The Hall–Kier alpha value is -1.75. The second kappa shape index (κ2) is 14.6. The van der Waals surface area contributed by atoms with Gasteiger partial charge in [0.15, 0.2) is 6.29 Å². The van der Waals surface area contributed by atoms with Gasteiger partial charge in [-0.3, -0.25) is 9.59 Å². The van der Waals surface area contributed by atoms with Gasteiger partial charge in [-0.15, -0.1) is 0 Å². The monoisotopic (exact) mass is 488 g/mol.